The van der Waals surface area contributed by atoms with E-state index in [-0.39, 0.29) is 24.2 Å². The molecule has 0 spiro atoms. The van der Waals surface area contributed by atoms with E-state index < -0.39 is 6.17 Å². The van der Waals surface area contributed by atoms with Crippen LogP contribution in [-0.4, -0.2) is 30.1 Å². The first-order chi connectivity index (χ1) is 12.0. The molecular formula is C20H27N3O2. The number of carbonyl (C=O) groups is 2. The van der Waals surface area contributed by atoms with E-state index in [9.17, 15) is 9.59 Å². The van der Waals surface area contributed by atoms with Crippen molar-refractivity contribution in [2.75, 3.05) is 11.4 Å². The van der Waals surface area contributed by atoms with Crippen molar-refractivity contribution in [3.63, 3.8) is 0 Å². The fourth-order valence-electron chi connectivity index (χ4n) is 3.96. The second-order valence-corrected chi connectivity index (χ2v) is 7.07. The van der Waals surface area contributed by atoms with Crippen LogP contribution in [0.25, 0.3) is 0 Å². The fourth-order valence-corrected chi connectivity index (χ4v) is 3.96. The van der Waals surface area contributed by atoms with Gasteiger partial charge in [-0.05, 0) is 31.7 Å². The number of hydrogen-bond acceptors (Lipinski definition) is 4. The molecule has 1 heterocycles. The summed E-state index contributed by atoms with van der Waals surface area (Å²) >= 11 is 0. The van der Waals surface area contributed by atoms with Gasteiger partial charge in [0.05, 0.1) is 12.2 Å². The van der Waals surface area contributed by atoms with E-state index in [1.54, 1.807) is 4.90 Å². The predicted molar refractivity (Wildman–Crippen MR) is 99.9 cm³/mol. The van der Waals surface area contributed by atoms with E-state index in [1.807, 2.05) is 32.0 Å². The van der Waals surface area contributed by atoms with E-state index in [2.05, 4.69) is 4.99 Å². The number of ketones is 1. The maximum Gasteiger partial charge on any atom is 0.266 e. The lowest BCUT2D eigenvalue weighted by atomic mass is 9.86. The fraction of sp³-hybridized carbons (Fsp3) is 0.550. The summed E-state index contributed by atoms with van der Waals surface area (Å²) in [5.74, 6) is -0.0716. The van der Waals surface area contributed by atoms with Gasteiger partial charge in [0, 0.05) is 17.2 Å². The maximum atomic E-state index is 12.9. The van der Waals surface area contributed by atoms with Gasteiger partial charge in [0.2, 0.25) is 0 Å². The van der Waals surface area contributed by atoms with Crippen LogP contribution in [0.4, 0.5) is 5.69 Å². The third-order valence-corrected chi connectivity index (χ3v) is 5.34. The highest BCUT2D eigenvalue weighted by Crippen LogP contribution is 2.31. The lowest BCUT2D eigenvalue weighted by Gasteiger charge is -2.28. The van der Waals surface area contributed by atoms with Crippen LogP contribution < -0.4 is 10.6 Å². The van der Waals surface area contributed by atoms with E-state index >= 15 is 0 Å². The van der Waals surface area contributed by atoms with Crippen LogP contribution in [0.1, 0.15) is 56.6 Å². The number of para-hydroxylation sites is 1. The largest absolute Gasteiger partial charge is 0.302 e. The van der Waals surface area contributed by atoms with Gasteiger partial charge in [0.15, 0.2) is 11.9 Å². The van der Waals surface area contributed by atoms with Crippen LogP contribution in [0.5, 0.6) is 0 Å². The number of aliphatic imine (C=N–C) groups is 1. The molecule has 25 heavy (non-hydrogen) atoms. The molecule has 5 nitrogen and oxygen atoms in total. The summed E-state index contributed by atoms with van der Waals surface area (Å²) < 4.78 is 0. The highest BCUT2D eigenvalue weighted by Gasteiger charge is 2.33. The van der Waals surface area contributed by atoms with Crippen molar-refractivity contribution < 1.29 is 9.59 Å². The summed E-state index contributed by atoms with van der Waals surface area (Å²) in [6.45, 7) is 4.07. The molecule has 1 atom stereocenters. The van der Waals surface area contributed by atoms with Crippen molar-refractivity contribution in [3.05, 3.63) is 29.3 Å². The van der Waals surface area contributed by atoms with Crippen LogP contribution in [0.15, 0.2) is 23.2 Å². The van der Waals surface area contributed by atoms with Crippen molar-refractivity contribution in [2.45, 2.75) is 58.5 Å². The summed E-state index contributed by atoms with van der Waals surface area (Å²) in [5.41, 5.74) is 9.54. The van der Waals surface area contributed by atoms with Gasteiger partial charge in [0.1, 0.15) is 0 Å². The third kappa shape index (κ3) is 3.52. The van der Waals surface area contributed by atoms with Gasteiger partial charge in [0.25, 0.3) is 5.91 Å². The number of benzodiazepines with no additional fused rings is 1. The van der Waals surface area contributed by atoms with E-state index in [0.717, 1.165) is 48.2 Å². The standard InChI is InChI=1S/C20H27N3O2/c1-3-16-15-11-7-8-13(2)18(15)23(20(25)19(21)22-16)12-17(24)14-9-5-4-6-10-14/h7-8,11,14,19H,3-6,9-10,12,21H2,1-2H3. The van der Waals surface area contributed by atoms with Crippen molar-refractivity contribution in [2.24, 2.45) is 16.6 Å². The Hall–Kier alpha value is -2.01. The summed E-state index contributed by atoms with van der Waals surface area (Å²) in [6.07, 6.45) is 5.02. The maximum absolute atomic E-state index is 12.9. The lowest BCUT2D eigenvalue weighted by molar-refractivity contribution is -0.125. The lowest BCUT2D eigenvalue weighted by Crippen LogP contribution is -2.46. The molecule has 1 fully saturated rings. The number of nitrogens with two attached hydrogens (primary N) is 1. The Morgan fingerprint density at radius 3 is 2.68 bits per heavy atom. The Labute approximate surface area is 149 Å². The normalized spacial score (nSPS) is 21.6. The zero-order valence-corrected chi connectivity index (χ0v) is 15.1. The number of nitrogens with zero attached hydrogens (tertiary/aromatic N) is 2. The van der Waals surface area contributed by atoms with Gasteiger partial charge in [-0.15, -0.1) is 0 Å². The molecule has 0 bridgehead atoms. The smallest absolute Gasteiger partial charge is 0.266 e. The van der Waals surface area contributed by atoms with Crippen LogP contribution in [0.2, 0.25) is 0 Å². The first-order valence-corrected chi connectivity index (χ1v) is 9.29. The van der Waals surface area contributed by atoms with Gasteiger partial charge in [-0.3, -0.25) is 14.6 Å². The molecule has 2 aliphatic rings. The number of amides is 1. The Morgan fingerprint density at radius 2 is 2.00 bits per heavy atom. The number of hydrogen-bond donors (Lipinski definition) is 1. The van der Waals surface area contributed by atoms with Gasteiger partial charge in [-0.2, -0.15) is 0 Å². The number of Topliss-reactive ketones (excluding diaryl/α,β-unsaturated/α-hetero) is 1. The number of fused-ring (bicyclic) bond motifs is 1. The molecule has 1 aliphatic heterocycles. The molecule has 134 valence electrons. The Balaban J connectivity index is 1.97. The molecule has 1 unspecified atom stereocenters. The topological polar surface area (TPSA) is 75.8 Å². The molecule has 1 saturated carbocycles. The van der Waals surface area contributed by atoms with Crippen molar-refractivity contribution in [3.8, 4) is 0 Å². The summed E-state index contributed by atoms with van der Waals surface area (Å²) in [5, 5.41) is 0. The minimum atomic E-state index is -0.944. The third-order valence-electron chi connectivity index (χ3n) is 5.34. The van der Waals surface area contributed by atoms with Gasteiger partial charge < -0.3 is 10.6 Å². The Morgan fingerprint density at radius 1 is 1.28 bits per heavy atom. The average molecular weight is 341 g/mol. The molecule has 3 rings (SSSR count). The molecule has 0 aromatic heterocycles. The molecular weight excluding hydrogens is 314 g/mol. The number of anilines is 1. The first-order valence-electron chi connectivity index (χ1n) is 9.29. The van der Waals surface area contributed by atoms with Crippen molar-refractivity contribution in [1.29, 1.82) is 0 Å². The minimum Gasteiger partial charge on any atom is -0.302 e. The van der Waals surface area contributed by atoms with Gasteiger partial charge >= 0.3 is 0 Å². The summed E-state index contributed by atoms with van der Waals surface area (Å²) in [7, 11) is 0. The number of rotatable bonds is 4. The molecule has 1 amide bonds. The van der Waals surface area contributed by atoms with Crippen molar-refractivity contribution in [1.82, 2.24) is 0 Å². The highest BCUT2D eigenvalue weighted by molar-refractivity contribution is 6.14. The average Bonchev–Trinajstić information content (AvgIpc) is 2.73. The van der Waals surface area contributed by atoms with Crippen LogP contribution >= 0.6 is 0 Å². The molecule has 0 saturated heterocycles. The molecule has 1 aromatic carbocycles. The summed E-state index contributed by atoms with van der Waals surface area (Å²) in [6, 6.07) is 5.89. The zero-order chi connectivity index (χ0) is 18.0. The minimum absolute atomic E-state index is 0.0695. The van der Waals surface area contributed by atoms with E-state index in [1.165, 1.54) is 6.42 Å². The molecule has 0 radical (unpaired) electrons. The zero-order valence-electron chi connectivity index (χ0n) is 15.1. The van der Waals surface area contributed by atoms with Gasteiger partial charge in [-0.25, -0.2) is 0 Å². The van der Waals surface area contributed by atoms with Crippen LogP contribution in [-0.2, 0) is 9.59 Å². The second kappa shape index (κ2) is 7.48. The van der Waals surface area contributed by atoms with Crippen molar-refractivity contribution >= 4 is 23.1 Å². The molecule has 1 aliphatic carbocycles. The monoisotopic (exact) mass is 341 g/mol. The SMILES string of the molecule is CCC1=NC(N)C(=O)N(CC(=O)C2CCCCC2)c2c(C)cccc21. The molecule has 2 N–H and O–H groups in total. The number of benzene rings is 1. The second-order valence-electron chi connectivity index (χ2n) is 7.07. The summed E-state index contributed by atoms with van der Waals surface area (Å²) in [4.78, 5) is 31.7. The van der Waals surface area contributed by atoms with Crippen LogP contribution in [0.3, 0.4) is 0 Å². The van der Waals surface area contributed by atoms with Gasteiger partial charge in [-0.1, -0.05) is 44.4 Å². The van der Waals surface area contributed by atoms with E-state index in [4.69, 9.17) is 5.73 Å². The number of aryl methyl sites for hydroxylation is 1. The Bertz CT molecular complexity index is 705. The highest BCUT2D eigenvalue weighted by atomic mass is 16.2. The molecule has 5 heteroatoms. The Kier molecular flexibility index (Phi) is 5.33. The molecule has 1 aromatic rings. The van der Waals surface area contributed by atoms with Crippen LogP contribution in [0, 0.1) is 12.8 Å². The number of carbonyl (C=O) groups excluding carboxylic acids is 2. The first kappa shape index (κ1) is 17.8. The quantitative estimate of drug-likeness (QED) is 0.915. The predicted octanol–water partition coefficient (Wildman–Crippen LogP) is 2.97. The van der Waals surface area contributed by atoms with E-state index in [0.29, 0.717) is 6.42 Å².